The number of benzene rings is 1. The molecule has 1 aromatic carbocycles. The first kappa shape index (κ1) is 19.0. The molecule has 0 spiro atoms. The normalized spacial score (nSPS) is 14.6. The molecule has 148 valence electrons. The van der Waals surface area contributed by atoms with Gasteiger partial charge in [-0.25, -0.2) is 9.97 Å². The molecule has 1 aliphatic rings. The maximum Gasteiger partial charge on any atom is 0.234 e. The molecule has 0 atom stereocenters. The summed E-state index contributed by atoms with van der Waals surface area (Å²) in [4.78, 5) is 29.6. The Labute approximate surface area is 170 Å². The summed E-state index contributed by atoms with van der Waals surface area (Å²) < 4.78 is 0. The minimum absolute atomic E-state index is 0.0585. The summed E-state index contributed by atoms with van der Waals surface area (Å²) in [6.07, 6.45) is 5.15. The van der Waals surface area contributed by atoms with Crippen molar-refractivity contribution in [3.63, 3.8) is 0 Å². The SMILES string of the molecule is O=C(CN1CCN(c2cc(-c3cccnc3)ncn2)CC1)NCc1ccccc1. The molecule has 0 aliphatic carbocycles. The van der Waals surface area contributed by atoms with Gasteiger partial charge in [0.1, 0.15) is 12.1 Å². The van der Waals surface area contributed by atoms with Gasteiger partial charge >= 0.3 is 0 Å². The fourth-order valence-corrected chi connectivity index (χ4v) is 3.38. The van der Waals surface area contributed by atoms with Gasteiger partial charge in [-0.05, 0) is 17.7 Å². The molecule has 1 amide bonds. The average molecular weight is 388 g/mol. The highest BCUT2D eigenvalue weighted by Gasteiger charge is 2.20. The number of amides is 1. The summed E-state index contributed by atoms with van der Waals surface area (Å²) in [5.74, 6) is 0.968. The molecule has 29 heavy (non-hydrogen) atoms. The van der Waals surface area contributed by atoms with E-state index in [0.717, 1.165) is 48.8 Å². The summed E-state index contributed by atoms with van der Waals surface area (Å²) in [6.45, 7) is 4.30. The number of piperazine rings is 1. The first-order valence-corrected chi connectivity index (χ1v) is 9.78. The molecule has 0 unspecified atom stereocenters. The lowest BCUT2D eigenvalue weighted by atomic mass is 10.2. The Hall–Kier alpha value is -3.32. The number of rotatable bonds is 6. The van der Waals surface area contributed by atoms with E-state index in [1.165, 1.54) is 0 Å². The van der Waals surface area contributed by atoms with Gasteiger partial charge in [-0.2, -0.15) is 0 Å². The van der Waals surface area contributed by atoms with Gasteiger partial charge in [-0.1, -0.05) is 30.3 Å². The van der Waals surface area contributed by atoms with E-state index in [-0.39, 0.29) is 5.91 Å². The predicted molar refractivity (Wildman–Crippen MR) is 112 cm³/mol. The third-order valence-electron chi connectivity index (χ3n) is 5.01. The Bertz CT molecular complexity index is 926. The molecule has 1 fully saturated rings. The Balaban J connectivity index is 1.28. The van der Waals surface area contributed by atoms with Crippen molar-refractivity contribution in [2.45, 2.75) is 6.54 Å². The number of anilines is 1. The van der Waals surface area contributed by atoms with Crippen LogP contribution in [0.4, 0.5) is 5.82 Å². The molecule has 2 aromatic heterocycles. The number of carbonyl (C=O) groups excluding carboxylic acids is 1. The van der Waals surface area contributed by atoms with Crippen LogP contribution in [0.3, 0.4) is 0 Å². The van der Waals surface area contributed by atoms with Crippen LogP contribution in [0.2, 0.25) is 0 Å². The van der Waals surface area contributed by atoms with E-state index in [1.807, 2.05) is 48.5 Å². The van der Waals surface area contributed by atoms with E-state index >= 15 is 0 Å². The highest BCUT2D eigenvalue weighted by Crippen LogP contribution is 2.20. The average Bonchev–Trinajstić information content (AvgIpc) is 2.80. The number of nitrogens with zero attached hydrogens (tertiary/aromatic N) is 5. The monoisotopic (exact) mass is 388 g/mol. The lowest BCUT2D eigenvalue weighted by Gasteiger charge is -2.35. The zero-order chi connectivity index (χ0) is 19.9. The van der Waals surface area contributed by atoms with E-state index in [2.05, 4.69) is 30.1 Å². The fraction of sp³-hybridized carbons (Fsp3) is 0.273. The second-order valence-corrected chi connectivity index (χ2v) is 7.03. The zero-order valence-electron chi connectivity index (χ0n) is 16.2. The number of pyridine rings is 1. The van der Waals surface area contributed by atoms with Gasteiger partial charge < -0.3 is 10.2 Å². The largest absolute Gasteiger partial charge is 0.354 e. The van der Waals surface area contributed by atoms with Gasteiger partial charge in [-0.3, -0.25) is 14.7 Å². The predicted octanol–water partition coefficient (Wildman–Crippen LogP) is 1.98. The molecule has 3 aromatic rings. The number of carbonyl (C=O) groups is 1. The van der Waals surface area contributed by atoms with Gasteiger partial charge in [0.2, 0.25) is 5.91 Å². The molecule has 1 N–H and O–H groups in total. The molecule has 1 saturated heterocycles. The van der Waals surface area contributed by atoms with Crippen LogP contribution >= 0.6 is 0 Å². The topological polar surface area (TPSA) is 74.2 Å². The van der Waals surface area contributed by atoms with Crippen molar-refractivity contribution in [1.29, 1.82) is 0 Å². The van der Waals surface area contributed by atoms with Crippen LogP contribution in [0.1, 0.15) is 5.56 Å². The third-order valence-corrected chi connectivity index (χ3v) is 5.01. The zero-order valence-corrected chi connectivity index (χ0v) is 16.2. The lowest BCUT2D eigenvalue weighted by molar-refractivity contribution is -0.122. The maximum absolute atomic E-state index is 12.2. The number of aromatic nitrogens is 3. The second-order valence-electron chi connectivity index (χ2n) is 7.03. The summed E-state index contributed by atoms with van der Waals surface area (Å²) in [5.41, 5.74) is 2.95. The first-order chi connectivity index (χ1) is 14.3. The molecular formula is C22H24N6O. The van der Waals surface area contributed by atoms with Crippen molar-refractivity contribution in [2.75, 3.05) is 37.6 Å². The van der Waals surface area contributed by atoms with E-state index < -0.39 is 0 Å². The molecule has 0 radical (unpaired) electrons. The third kappa shape index (κ3) is 5.14. The lowest BCUT2D eigenvalue weighted by Crippen LogP contribution is -2.49. The number of hydrogen-bond donors (Lipinski definition) is 1. The van der Waals surface area contributed by atoms with Gasteiger partial charge in [0.15, 0.2) is 0 Å². The minimum Gasteiger partial charge on any atom is -0.354 e. The van der Waals surface area contributed by atoms with Crippen LogP contribution in [0.25, 0.3) is 11.3 Å². The van der Waals surface area contributed by atoms with Crippen LogP contribution in [-0.4, -0.2) is 58.5 Å². The molecule has 4 rings (SSSR count). The molecular weight excluding hydrogens is 364 g/mol. The van der Waals surface area contributed by atoms with Crippen molar-refractivity contribution in [2.24, 2.45) is 0 Å². The highest BCUT2D eigenvalue weighted by molar-refractivity contribution is 5.78. The standard InChI is InChI=1S/C22H24N6O/c29-22(24-14-18-5-2-1-3-6-18)16-27-9-11-28(12-10-27)21-13-20(25-17-26-21)19-7-4-8-23-15-19/h1-8,13,15,17H,9-12,14,16H2,(H,24,29). The Morgan fingerprint density at radius 2 is 1.83 bits per heavy atom. The summed E-state index contributed by atoms with van der Waals surface area (Å²) in [6, 6.07) is 15.9. The van der Waals surface area contributed by atoms with Gasteiger partial charge in [0.25, 0.3) is 0 Å². The van der Waals surface area contributed by atoms with Crippen LogP contribution in [0.15, 0.2) is 67.3 Å². The van der Waals surface area contributed by atoms with E-state index in [9.17, 15) is 4.79 Å². The van der Waals surface area contributed by atoms with Gasteiger partial charge in [0.05, 0.1) is 12.2 Å². The van der Waals surface area contributed by atoms with Gasteiger partial charge in [0, 0.05) is 56.7 Å². The highest BCUT2D eigenvalue weighted by atomic mass is 16.2. The second kappa shape index (κ2) is 9.25. The van der Waals surface area contributed by atoms with E-state index in [1.54, 1.807) is 18.7 Å². The first-order valence-electron chi connectivity index (χ1n) is 9.78. The molecule has 7 nitrogen and oxygen atoms in total. The molecule has 3 heterocycles. The summed E-state index contributed by atoms with van der Waals surface area (Å²) in [5, 5.41) is 2.99. The minimum atomic E-state index is 0.0585. The van der Waals surface area contributed by atoms with Crippen molar-refractivity contribution < 1.29 is 4.79 Å². The molecule has 0 saturated carbocycles. The van der Waals surface area contributed by atoms with Crippen molar-refractivity contribution in [3.05, 3.63) is 72.8 Å². The number of hydrogen-bond acceptors (Lipinski definition) is 6. The van der Waals surface area contributed by atoms with E-state index in [0.29, 0.717) is 13.1 Å². The summed E-state index contributed by atoms with van der Waals surface area (Å²) >= 11 is 0. The fourth-order valence-electron chi connectivity index (χ4n) is 3.38. The quantitative estimate of drug-likeness (QED) is 0.696. The van der Waals surface area contributed by atoms with Crippen molar-refractivity contribution in [3.8, 4) is 11.3 Å². The van der Waals surface area contributed by atoms with Crippen LogP contribution in [-0.2, 0) is 11.3 Å². The van der Waals surface area contributed by atoms with E-state index in [4.69, 9.17) is 0 Å². The number of nitrogens with one attached hydrogen (secondary N) is 1. The summed E-state index contributed by atoms with van der Waals surface area (Å²) in [7, 11) is 0. The van der Waals surface area contributed by atoms with Crippen molar-refractivity contribution >= 4 is 11.7 Å². The Kier molecular flexibility index (Phi) is 6.07. The molecule has 7 heteroatoms. The van der Waals surface area contributed by atoms with Crippen LogP contribution < -0.4 is 10.2 Å². The Morgan fingerprint density at radius 1 is 1.00 bits per heavy atom. The molecule has 0 bridgehead atoms. The molecule has 1 aliphatic heterocycles. The smallest absolute Gasteiger partial charge is 0.234 e. The van der Waals surface area contributed by atoms with Crippen LogP contribution in [0.5, 0.6) is 0 Å². The maximum atomic E-state index is 12.2. The van der Waals surface area contributed by atoms with Gasteiger partial charge in [-0.15, -0.1) is 0 Å². The van der Waals surface area contributed by atoms with Crippen LogP contribution in [0, 0.1) is 0 Å². The Morgan fingerprint density at radius 3 is 2.59 bits per heavy atom. The van der Waals surface area contributed by atoms with Crippen molar-refractivity contribution in [1.82, 2.24) is 25.2 Å².